The Labute approximate surface area is 138 Å². The molecule has 0 saturated carbocycles. The van der Waals surface area contributed by atoms with Gasteiger partial charge in [-0.2, -0.15) is 5.87 Å². The normalized spacial score (nSPS) is 8.53. The molecule has 0 fully saturated rings. The third-order valence-electron chi connectivity index (χ3n) is 1.63. The molecule has 1 aromatic rings. The molecule has 0 aliphatic rings. The number of hydrogen-bond acceptors (Lipinski definition) is 3. The van der Waals surface area contributed by atoms with Crippen molar-refractivity contribution in [2.75, 3.05) is 5.32 Å². The molecule has 0 aliphatic carbocycles. The zero-order valence-electron chi connectivity index (χ0n) is 8.81. The summed E-state index contributed by atoms with van der Waals surface area (Å²) in [5.41, 5.74) is -1.41. The third-order valence-corrected chi connectivity index (χ3v) is 1.63. The Kier molecular flexibility index (Phi) is 7.04. The maximum absolute atomic E-state index is 13.0. The van der Waals surface area contributed by atoms with Gasteiger partial charge in [-0.3, -0.25) is 14.9 Å². The first-order valence-corrected chi connectivity index (χ1v) is 4.03. The Bertz CT molecular complexity index is 500. The number of benzene rings is 1. The van der Waals surface area contributed by atoms with Gasteiger partial charge in [-0.15, -0.1) is 0 Å². The van der Waals surface area contributed by atoms with Gasteiger partial charge in [0, 0.05) is 0 Å². The second-order valence-corrected chi connectivity index (χ2v) is 2.65. The van der Waals surface area contributed by atoms with Crippen molar-refractivity contribution in [2.24, 2.45) is 0 Å². The van der Waals surface area contributed by atoms with Crippen LogP contribution in [0.3, 0.4) is 0 Å². The molecular weight excluding hydrogens is 256 g/mol. The molecular formula is C9H5FKN3O3. The molecule has 1 N–H and O–H groups in total. The zero-order chi connectivity index (χ0) is 12.1. The van der Waals surface area contributed by atoms with Crippen LogP contribution in [0.15, 0.2) is 30.0 Å². The van der Waals surface area contributed by atoms with Gasteiger partial charge in [-0.1, -0.05) is 12.1 Å². The van der Waals surface area contributed by atoms with Crippen molar-refractivity contribution >= 4 is 17.5 Å². The van der Waals surface area contributed by atoms with Crippen molar-refractivity contribution < 1.29 is 65.5 Å². The molecule has 0 unspecified atom stereocenters. The van der Waals surface area contributed by atoms with Gasteiger partial charge in [0.15, 0.2) is 0 Å². The Morgan fingerprint density at radius 2 is 2.06 bits per heavy atom. The molecule has 0 radical (unpaired) electrons. The Morgan fingerprint density at radius 1 is 1.47 bits per heavy atom. The number of carbonyl (C=O) groups excluding carboxylic acids is 1. The van der Waals surface area contributed by atoms with Gasteiger partial charge in [0.05, 0.1) is 10.6 Å². The van der Waals surface area contributed by atoms with E-state index in [2.05, 4.69) is 0 Å². The van der Waals surface area contributed by atoms with E-state index in [1.54, 1.807) is 0 Å². The van der Waals surface area contributed by atoms with Crippen molar-refractivity contribution in [3.05, 3.63) is 51.3 Å². The number of nitro groups is 1. The summed E-state index contributed by atoms with van der Waals surface area (Å²) in [5, 5.41) is 20.5. The average molecular weight is 261 g/mol. The van der Waals surface area contributed by atoms with E-state index in [1.807, 2.05) is 5.32 Å². The van der Waals surface area contributed by atoms with E-state index in [1.165, 1.54) is 18.2 Å². The van der Waals surface area contributed by atoms with Crippen molar-refractivity contribution in [1.82, 2.24) is 0 Å². The first-order chi connectivity index (χ1) is 7.56. The van der Waals surface area contributed by atoms with Crippen LogP contribution in [0.5, 0.6) is 0 Å². The minimum absolute atomic E-state index is 0. The van der Waals surface area contributed by atoms with Crippen LogP contribution in [-0.2, 0) is 4.79 Å². The fourth-order valence-electron chi connectivity index (χ4n) is 0.919. The second-order valence-electron chi connectivity index (χ2n) is 2.65. The topological polar surface area (TPSA) is 94.5 Å². The fraction of sp³-hybridized carbons (Fsp3) is 0. The predicted octanol–water partition coefficient (Wildman–Crippen LogP) is -1.83. The first-order valence-electron chi connectivity index (χ1n) is 4.03. The van der Waals surface area contributed by atoms with E-state index < -0.39 is 22.3 Å². The summed E-state index contributed by atoms with van der Waals surface area (Å²) in [5.74, 6) is -0.868. The molecule has 1 rings (SSSR count). The van der Waals surface area contributed by atoms with Crippen LogP contribution in [0.4, 0.5) is 10.1 Å². The van der Waals surface area contributed by atoms with Crippen LogP contribution >= 0.6 is 0 Å². The number of anilines is 1. The summed E-state index contributed by atoms with van der Waals surface area (Å²) in [7, 11) is 0. The summed E-state index contributed by atoms with van der Waals surface area (Å²) in [6.45, 7) is 0. The molecule has 6 nitrogen and oxygen atoms in total. The fourth-order valence-corrected chi connectivity index (χ4v) is 0.919. The van der Waals surface area contributed by atoms with E-state index >= 15 is 0 Å². The van der Waals surface area contributed by atoms with Crippen molar-refractivity contribution in [2.45, 2.75) is 0 Å². The minimum Gasteiger partial charge on any atom is -0.757 e. The van der Waals surface area contributed by atoms with E-state index in [0.717, 1.165) is 11.9 Å². The summed E-state index contributed by atoms with van der Waals surface area (Å²) < 4.78 is 13.0. The second kappa shape index (κ2) is 7.44. The molecule has 0 aromatic heterocycles. The van der Waals surface area contributed by atoms with Gasteiger partial charge in [0.1, 0.15) is 5.82 Å². The summed E-state index contributed by atoms with van der Waals surface area (Å²) in [4.78, 5) is 20.3. The molecule has 0 atom stereocenters. The smallest absolute Gasteiger partial charge is 0.757 e. The number of nitrogens with zero attached hydrogens (tertiary/aromatic N) is 2. The maximum Gasteiger partial charge on any atom is 1.00 e. The molecule has 8 heteroatoms. The quantitative estimate of drug-likeness (QED) is 0.228. The van der Waals surface area contributed by atoms with Crippen LogP contribution in [-0.4, -0.2) is 16.7 Å². The van der Waals surface area contributed by atoms with Gasteiger partial charge in [0.2, 0.25) is 0 Å². The Balaban J connectivity index is 0.00000256. The monoisotopic (exact) mass is 261 g/mol. The standard InChI is InChI=1S/C9H5FN3O3.K/c10-6-3-1-2-4-7(6)12-9(14)8(5-11)13(15)16;/h1-4H,(H,12,14);/q-1;+1. The van der Waals surface area contributed by atoms with E-state index in [9.17, 15) is 19.3 Å². The third kappa shape index (κ3) is 4.47. The number of rotatable bonds is 3. The number of halogens is 1. The van der Waals surface area contributed by atoms with Crippen molar-refractivity contribution in [3.8, 4) is 0 Å². The molecule has 17 heavy (non-hydrogen) atoms. The summed E-state index contributed by atoms with van der Waals surface area (Å²) in [6.07, 6.45) is 0. The number of carbonyl (C=O) groups is 1. The van der Waals surface area contributed by atoms with E-state index in [-0.39, 0.29) is 57.1 Å². The van der Waals surface area contributed by atoms with Gasteiger partial charge in [-0.05, 0) is 12.1 Å². The van der Waals surface area contributed by atoms with Gasteiger partial charge >= 0.3 is 63.0 Å². The van der Waals surface area contributed by atoms with E-state index in [0.29, 0.717) is 0 Å². The average Bonchev–Trinajstić information content (AvgIpc) is 2.22. The van der Waals surface area contributed by atoms with Gasteiger partial charge in [-0.25, -0.2) is 4.39 Å². The Morgan fingerprint density at radius 3 is 2.53 bits per heavy atom. The SMILES string of the molecule is [K+].[N-]=C=C(C(=O)Nc1ccccc1F)[N+](=O)[O-]. The molecule has 0 spiro atoms. The number of amides is 1. The van der Waals surface area contributed by atoms with E-state index in [4.69, 9.17) is 5.41 Å². The van der Waals surface area contributed by atoms with Crippen LogP contribution in [0.1, 0.15) is 0 Å². The largest absolute Gasteiger partial charge is 1.00 e. The van der Waals surface area contributed by atoms with Crippen LogP contribution in [0, 0.1) is 15.9 Å². The Hall–Kier alpha value is -0.894. The van der Waals surface area contributed by atoms with Gasteiger partial charge < -0.3 is 10.7 Å². The maximum atomic E-state index is 13.0. The number of para-hydroxylation sites is 1. The molecule has 0 saturated heterocycles. The number of hydrogen-bond donors (Lipinski definition) is 1. The predicted molar refractivity (Wildman–Crippen MR) is 53.9 cm³/mol. The summed E-state index contributed by atoms with van der Waals surface area (Å²) >= 11 is 0. The summed E-state index contributed by atoms with van der Waals surface area (Å²) in [6, 6.07) is 5.14. The molecule has 1 amide bonds. The molecule has 1 aromatic carbocycles. The number of nitrogens with one attached hydrogen (secondary N) is 1. The first kappa shape index (κ1) is 16.1. The van der Waals surface area contributed by atoms with Crippen molar-refractivity contribution in [1.29, 1.82) is 0 Å². The zero-order valence-corrected chi connectivity index (χ0v) is 11.9. The van der Waals surface area contributed by atoms with Gasteiger partial charge in [0.25, 0.3) is 0 Å². The molecule has 0 heterocycles. The molecule has 0 bridgehead atoms. The van der Waals surface area contributed by atoms with Crippen molar-refractivity contribution in [3.63, 3.8) is 0 Å². The molecule has 0 aliphatic heterocycles. The van der Waals surface area contributed by atoms with Crippen LogP contribution < -0.4 is 56.7 Å². The van der Waals surface area contributed by atoms with Crippen LogP contribution in [0.2, 0.25) is 0 Å². The molecule has 82 valence electrons. The minimum atomic E-state index is -1.25. The van der Waals surface area contributed by atoms with Crippen LogP contribution in [0.25, 0.3) is 5.41 Å².